The maximum Gasteiger partial charge on any atom is 0.549 e. The van der Waals surface area contributed by atoms with Crippen LogP contribution in [-0.2, 0) is 13.3 Å². The standard InChI is InChI=1S/C21H46OSi.O2Si/c1-5-6-7-8-9-10-11-12-13-14-15-16-17-18-19-20-21-22-23(2,3)4;1-3-2/h5-21H2,1-4H3;. The molecule has 156 valence electrons. The van der Waals surface area contributed by atoms with E-state index < -0.39 is 17.6 Å². The van der Waals surface area contributed by atoms with Gasteiger partial charge in [0.2, 0.25) is 0 Å². The van der Waals surface area contributed by atoms with Crippen molar-refractivity contribution < 1.29 is 13.3 Å². The van der Waals surface area contributed by atoms with Gasteiger partial charge in [-0.3, -0.25) is 8.92 Å². The topological polar surface area (TPSA) is 43.4 Å². The first kappa shape index (κ1) is 28.2. The van der Waals surface area contributed by atoms with Crippen LogP contribution in [0.25, 0.3) is 0 Å². The first-order valence-corrected chi connectivity index (χ1v) is 15.3. The van der Waals surface area contributed by atoms with Crippen molar-refractivity contribution in [3.05, 3.63) is 0 Å². The highest BCUT2D eigenvalue weighted by atomic mass is 28.4. The Labute approximate surface area is 167 Å². The summed E-state index contributed by atoms with van der Waals surface area (Å²) < 4.78 is 22.7. The van der Waals surface area contributed by atoms with Crippen molar-refractivity contribution in [3.8, 4) is 0 Å². The van der Waals surface area contributed by atoms with Gasteiger partial charge in [-0.25, -0.2) is 0 Å². The molecule has 0 bridgehead atoms. The molecule has 0 rings (SSSR count). The number of hydrogen-bond donors (Lipinski definition) is 0. The van der Waals surface area contributed by atoms with Gasteiger partial charge in [-0.15, -0.1) is 0 Å². The predicted octanol–water partition coefficient (Wildman–Crippen LogP) is 7.48. The van der Waals surface area contributed by atoms with Gasteiger partial charge in [0.15, 0.2) is 8.32 Å². The molecule has 0 fully saturated rings. The second-order valence-electron chi connectivity index (χ2n) is 8.35. The highest BCUT2D eigenvalue weighted by Crippen LogP contribution is 2.14. The summed E-state index contributed by atoms with van der Waals surface area (Å²) in [6.45, 7) is 10.1. The maximum atomic E-state index is 8.40. The largest absolute Gasteiger partial charge is 0.549 e. The minimum absolute atomic E-state index is 0.994. The lowest BCUT2D eigenvalue weighted by Crippen LogP contribution is -2.25. The Bertz CT molecular complexity index is 298. The van der Waals surface area contributed by atoms with Crippen LogP contribution in [-0.4, -0.2) is 24.2 Å². The molecule has 0 spiro atoms. The average Bonchev–Trinajstić information content (AvgIpc) is 2.57. The van der Waals surface area contributed by atoms with Gasteiger partial charge in [-0.1, -0.05) is 103 Å². The minimum Gasteiger partial charge on any atom is -0.418 e. The number of rotatable bonds is 18. The Morgan fingerprint density at radius 1 is 0.577 bits per heavy atom. The van der Waals surface area contributed by atoms with Crippen molar-refractivity contribution in [2.75, 3.05) is 6.61 Å². The number of unbranched alkanes of at least 4 members (excludes halogenated alkanes) is 15. The molecule has 0 unspecified atom stereocenters. The highest BCUT2D eigenvalue weighted by Gasteiger charge is 2.12. The van der Waals surface area contributed by atoms with Gasteiger partial charge >= 0.3 is 9.29 Å². The summed E-state index contributed by atoms with van der Waals surface area (Å²) in [6, 6.07) is 0. The molecule has 0 amide bonds. The molecule has 0 aromatic rings. The van der Waals surface area contributed by atoms with Crippen LogP contribution in [0.3, 0.4) is 0 Å². The van der Waals surface area contributed by atoms with E-state index in [-0.39, 0.29) is 0 Å². The maximum absolute atomic E-state index is 8.40. The van der Waals surface area contributed by atoms with Crippen LogP contribution in [0.5, 0.6) is 0 Å². The zero-order chi connectivity index (χ0) is 19.9. The van der Waals surface area contributed by atoms with E-state index in [0.717, 1.165) is 6.61 Å². The van der Waals surface area contributed by atoms with Gasteiger partial charge in [-0.05, 0) is 26.1 Å². The molecule has 0 aliphatic carbocycles. The summed E-state index contributed by atoms with van der Waals surface area (Å²) in [4.78, 5) is 0. The monoisotopic (exact) mass is 402 g/mol. The zero-order valence-electron chi connectivity index (χ0n) is 18.2. The van der Waals surface area contributed by atoms with E-state index in [1.54, 1.807) is 0 Å². The van der Waals surface area contributed by atoms with Gasteiger partial charge in [0.05, 0.1) is 0 Å². The van der Waals surface area contributed by atoms with Crippen LogP contribution in [0.1, 0.15) is 110 Å². The van der Waals surface area contributed by atoms with Crippen LogP contribution in [0.2, 0.25) is 19.6 Å². The quantitative estimate of drug-likeness (QED) is 0.176. The van der Waals surface area contributed by atoms with E-state index in [0.29, 0.717) is 0 Å². The van der Waals surface area contributed by atoms with E-state index in [1.165, 1.54) is 103 Å². The van der Waals surface area contributed by atoms with Crippen molar-refractivity contribution >= 4 is 17.6 Å². The Kier molecular flexibility index (Phi) is 25.0. The molecular formula is C21H46O3Si2. The third-order valence-electron chi connectivity index (χ3n) is 4.53. The molecule has 0 N–H and O–H groups in total. The average molecular weight is 403 g/mol. The summed E-state index contributed by atoms with van der Waals surface area (Å²) in [5.41, 5.74) is 0. The van der Waals surface area contributed by atoms with Crippen molar-refractivity contribution in [2.45, 2.75) is 129 Å². The molecule has 5 heteroatoms. The second kappa shape index (κ2) is 23.0. The van der Waals surface area contributed by atoms with E-state index >= 15 is 0 Å². The first-order chi connectivity index (χ1) is 12.5. The lowest BCUT2D eigenvalue weighted by Gasteiger charge is -2.16. The fourth-order valence-corrected chi connectivity index (χ4v) is 3.79. The van der Waals surface area contributed by atoms with Crippen LogP contribution < -0.4 is 0 Å². The molecule has 0 aliphatic heterocycles. The number of hydrogen-bond acceptors (Lipinski definition) is 3. The molecule has 0 aromatic heterocycles. The Morgan fingerprint density at radius 3 is 1.12 bits per heavy atom. The molecule has 0 radical (unpaired) electrons. The Balaban J connectivity index is 0. The van der Waals surface area contributed by atoms with Gasteiger partial charge in [0, 0.05) is 6.61 Å². The van der Waals surface area contributed by atoms with E-state index in [4.69, 9.17) is 13.3 Å². The van der Waals surface area contributed by atoms with Gasteiger partial charge in [0.25, 0.3) is 0 Å². The van der Waals surface area contributed by atoms with E-state index in [9.17, 15) is 0 Å². The lowest BCUT2D eigenvalue weighted by molar-refractivity contribution is 0.298. The normalized spacial score (nSPS) is 10.9. The summed E-state index contributed by atoms with van der Waals surface area (Å²) >= 11 is 0. The molecule has 26 heavy (non-hydrogen) atoms. The summed E-state index contributed by atoms with van der Waals surface area (Å²) in [5.74, 6) is 0. The SMILES string of the molecule is CCCCCCCCCCCCCCCCCCO[Si](C)(C)C.O=[Si]=O. The van der Waals surface area contributed by atoms with Crippen LogP contribution in [0.15, 0.2) is 0 Å². The van der Waals surface area contributed by atoms with Crippen molar-refractivity contribution in [1.29, 1.82) is 0 Å². The molecule has 0 saturated heterocycles. The zero-order valence-corrected chi connectivity index (χ0v) is 20.2. The lowest BCUT2D eigenvalue weighted by atomic mass is 10.0. The molecule has 0 saturated carbocycles. The van der Waals surface area contributed by atoms with Crippen LogP contribution >= 0.6 is 0 Å². The third-order valence-corrected chi connectivity index (χ3v) is 5.60. The molecule has 3 nitrogen and oxygen atoms in total. The fourth-order valence-electron chi connectivity index (χ4n) is 3.03. The van der Waals surface area contributed by atoms with Crippen LogP contribution in [0, 0.1) is 0 Å². The summed E-state index contributed by atoms with van der Waals surface area (Å²) in [7, 11) is -2.68. The van der Waals surface area contributed by atoms with E-state index in [2.05, 4.69) is 26.6 Å². The van der Waals surface area contributed by atoms with Crippen molar-refractivity contribution in [1.82, 2.24) is 0 Å². The van der Waals surface area contributed by atoms with Crippen molar-refractivity contribution in [2.24, 2.45) is 0 Å². The van der Waals surface area contributed by atoms with Gasteiger partial charge < -0.3 is 4.43 Å². The highest BCUT2D eigenvalue weighted by molar-refractivity contribution is 6.69. The smallest absolute Gasteiger partial charge is 0.418 e. The second-order valence-corrected chi connectivity index (χ2v) is 13.0. The minimum atomic E-state index is -1.42. The van der Waals surface area contributed by atoms with Gasteiger partial charge in [0.1, 0.15) is 0 Å². The van der Waals surface area contributed by atoms with E-state index in [1.807, 2.05) is 0 Å². The molecular weight excluding hydrogens is 356 g/mol. The predicted molar refractivity (Wildman–Crippen MR) is 116 cm³/mol. The molecule has 0 atom stereocenters. The molecule has 0 heterocycles. The van der Waals surface area contributed by atoms with Crippen molar-refractivity contribution in [3.63, 3.8) is 0 Å². The first-order valence-electron chi connectivity index (χ1n) is 11.1. The molecule has 0 aromatic carbocycles. The Hall–Kier alpha value is -0.00623. The summed E-state index contributed by atoms with van der Waals surface area (Å²) in [5, 5.41) is 0. The van der Waals surface area contributed by atoms with Gasteiger partial charge in [-0.2, -0.15) is 0 Å². The fraction of sp³-hybridized carbons (Fsp3) is 1.00. The molecule has 0 aliphatic rings. The Morgan fingerprint density at radius 2 is 0.846 bits per heavy atom. The van der Waals surface area contributed by atoms with Crippen LogP contribution in [0.4, 0.5) is 0 Å². The third kappa shape index (κ3) is 31.7. The summed E-state index contributed by atoms with van der Waals surface area (Å²) in [6.07, 6.45) is 23.0.